The van der Waals surface area contributed by atoms with Gasteiger partial charge in [-0.15, -0.1) is 11.3 Å². The van der Waals surface area contributed by atoms with Crippen LogP contribution in [0.3, 0.4) is 0 Å². The van der Waals surface area contributed by atoms with Gasteiger partial charge in [-0.2, -0.15) is 0 Å². The number of hydrogen-bond donors (Lipinski definition) is 2. The summed E-state index contributed by atoms with van der Waals surface area (Å²) in [4.78, 5) is 17.4. The minimum Gasteiger partial charge on any atom is -0.350 e. The minimum atomic E-state index is -0.391. The lowest BCUT2D eigenvalue weighted by Crippen LogP contribution is -2.56. The van der Waals surface area contributed by atoms with Crippen LogP contribution in [0.1, 0.15) is 36.1 Å². The quantitative estimate of drug-likeness (QED) is 0.860. The van der Waals surface area contributed by atoms with E-state index in [1.807, 2.05) is 20.0 Å². The molecule has 0 aliphatic carbocycles. The third kappa shape index (κ3) is 3.04. The van der Waals surface area contributed by atoms with E-state index in [1.165, 1.54) is 0 Å². The van der Waals surface area contributed by atoms with Crippen molar-refractivity contribution < 1.29 is 4.79 Å². The lowest BCUT2D eigenvalue weighted by Gasteiger charge is -2.33. The molecule has 0 spiro atoms. The van der Waals surface area contributed by atoms with Crippen LogP contribution in [0.25, 0.3) is 0 Å². The van der Waals surface area contributed by atoms with Crippen molar-refractivity contribution in [2.75, 3.05) is 6.54 Å². The van der Waals surface area contributed by atoms with Crippen LogP contribution in [-0.4, -0.2) is 23.0 Å². The highest BCUT2D eigenvalue weighted by atomic mass is 32.1. The molecule has 5 heteroatoms. The van der Waals surface area contributed by atoms with Gasteiger partial charge in [-0.05, 0) is 39.7 Å². The maximum absolute atomic E-state index is 12.1. The highest BCUT2D eigenvalue weighted by Crippen LogP contribution is 2.19. The second-order valence-electron chi connectivity index (χ2n) is 4.74. The second kappa shape index (κ2) is 5.14. The monoisotopic (exact) mass is 253 g/mol. The maximum atomic E-state index is 12.1. The van der Waals surface area contributed by atoms with Gasteiger partial charge in [0.25, 0.3) is 0 Å². The summed E-state index contributed by atoms with van der Waals surface area (Å²) in [5.74, 6) is 0.100. The van der Waals surface area contributed by atoms with Crippen molar-refractivity contribution in [3.63, 3.8) is 0 Å². The summed E-state index contributed by atoms with van der Waals surface area (Å²) >= 11 is 1.63. The molecule has 1 aliphatic rings. The summed E-state index contributed by atoms with van der Waals surface area (Å²) in [5, 5.41) is 7.34. The third-order valence-corrected chi connectivity index (χ3v) is 4.12. The summed E-state index contributed by atoms with van der Waals surface area (Å²) in [6, 6.07) is 0. The van der Waals surface area contributed by atoms with Gasteiger partial charge in [-0.25, -0.2) is 4.98 Å². The van der Waals surface area contributed by atoms with Gasteiger partial charge in [0.05, 0.1) is 17.1 Å². The number of nitrogens with one attached hydrogen (secondary N) is 2. The van der Waals surface area contributed by atoms with Crippen LogP contribution >= 0.6 is 11.3 Å². The van der Waals surface area contributed by atoms with Gasteiger partial charge in [0.2, 0.25) is 5.91 Å². The fourth-order valence-electron chi connectivity index (χ4n) is 2.10. The normalized spacial score (nSPS) is 24.6. The molecule has 17 heavy (non-hydrogen) atoms. The van der Waals surface area contributed by atoms with Crippen LogP contribution in [0.5, 0.6) is 0 Å². The Morgan fingerprint density at radius 1 is 1.65 bits per heavy atom. The van der Waals surface area contributed by atoms with E-state index in [4.69, 9.17) is 0 Å². The Bertz CT molecular complexity index is 396. The first-order chi connectivity index (χ1) is 8.10. The van der Waals surface area contributed by atoms with Gasteiger partial charge in [-0.1, -0.05) is 0 Å². The number of nitrogens with zero attached hydrogens (tertiary/aromatic N) is 1. The molecule has 0 saturated carbocycles. The number of carbonyl (C=O) groups excluding carboxylic acids is 1. The zero-order valence-corrected chi connectivity index (χ0v) is 11.2. The van der Waals surface area contributed by atoms with E-state index in [-0.39, 0.29) is 5.91 Å². The molecule has 0 bridgehead atoms. The Labute approximate surface area is 106 Å². The second-order valence-corrected chi connectivity index (χ2v) is 6.06. The summed E-state index contributed by atoms with van der Waals surface area (Å²) in [7, 11) is 0. The largest absolute Gasteiger partial charge is 0.350 e. The molecule has 1 saturated heterocycles. The van der Waals surface area contributed by atoms with E-state index in [1.54, 1.807) is 11.3 Å². The zero-order chi connectivity index (χ0) is 12.3. The first kappa shape index (κ1) is 12.5. The molecule has 2 heterocycles. The van der Waals surface area contributed by atoms with E-state index in [0.717, 1.165) is 35.7 Å². The van der Waals surface area contributed by atoms with Crippen LogP contribution in [0.4, 0.5) is 0 Å². The lowest BCUT2D eigenvalue weighted by atomic mass is 9.90. The van der Waals surface area contributed by atoms with Gasteiger partial charge in [0.15, 0.2) is 0 Å². The predicted octanol–water partition coefficient (Wildman–Crippen LogP) is 1.60. The van der Waals surface area contributed by atoms with E-state index < -0.39 is 5.54 Å². The van der Waals surface area contributed by atoms with Crippen LogP contribution < -0.4 is 10.6 Å². The van der Waals surface area contributed by atoms with Crippen molar-refractivity contribution in [1.82, 2.24) is 15.6 Å². The lowest BCUT2D eigenvalue weighted by molar-refractivity contribution is -0.128. The standard InChI is InChI=1S/C12H19N3OS/c1-9-13-7-10(17-9)8-14-11(16)12(2)5-3-4-6-15-12/h7,15H,3-6,8H2,1-2H3,(H,14,16). The molecule has 1 aromatic rings. The molecule has 1 aromatic heterocycles. The van der Waals surface area contributed by atoms with Crippen molar-refractivity contribution in [1.29, 1.82) is 0 Å². The molecule has 1 aliphatic heterocycles. The molecule has 2 N–H and O–H groups in total. The average Bonchev–Trinajstić information content (AvgIpc) is 2.73. The number of hydrogen-bond acceptors (Lipinski definition) is 4. The highest BCUT2D eigenvalue weighted by Gasteiger charge is 2.33. The van der Waals surface area contributed by atoms with Crippen molar-refractivity contribution in [2.24, 2.45) is 0 Å². The summed E-state index contributed by atoms with van der Waals surface area (Å²) in [5.41, 5.74) is -0.391. The molecule has 94 valence electrons. The number of aryl methyl sites for hydroxylation is 1. The minimum absolute atomic E-state index is 0.100. The fourth-order valence-corrected chi connectivity index (χ4v) is 2.83. The van der Waals surface area contributed by atoms with Gasteiger partial charge < -0.3 is 10.6 Å². The van der Waals surface area contributed by atoms with Crippen molar-refractivity contribution in [3.8, 4) is 0 Å². The Balaban J connectivity index is 1.88. The Kier molecular flexibility index (Phi) is 3.79. The van der Waals surface area contributed by atoms with Gasteiger partial charge >= 0.3 is 0 Å². The predicted molar refractivity (Wildman–Crippen MR) is 69.0 cm³/mol. The number of carbonyl (C=O) groups is 1. The first-order valence-corrected chi connectivity index (χ1v) is 6.86. The van der Waals surface area contributed by atoms with E-state index in [2.05, 4.69) is 15.6 Å². The topological polar surface area (TPSA) is 54.0 Å². The van der Waals surface area contributed by atoms with Crippen LogP contribution in [0.15, 0.2) is 6.20 Å². The van der Waals surface area contributed by atoms with Crippen molar-refractivity contribution >= 4 is 17.2 Å². The Morgan fingerprint density at radius 2 is 2.47 bits per heavy atom. The van der Waals surface area contributed by atoms with E-state index in [9.17, 15) is 4.79 Å². The smallest absolute Gasteiger partial charge is 0.240 e. The number of rotatable bonds is 3. The zero-order valence-electron chi connectivity index (χ0n) is 10.4. The molecular weight excluding hydrogens is 234 g/mol. The van der Waals surface area contributed by atoms with Crippen LogP contribution in [0.2, 0.25) is 0 Å². The van der Waals surface area contributed by atoms with Crippen LogP contribution in [0, 0.1) is 6.92 Å². The van der Waals surface area contributed by atoms with Crippen LogP contribution in [-0.2, 0) is 11.3 Å². The molecule has 2 rings (SSSR count). The maximum Gasteiger partial charge on any atom is 0.240 e. The molecule has 4 nitrogen and oxygen atoms in total. The average molecular weight is 253 g/mol. The Morgan fingerprint density at radius 3 is 3.06 bits per heavy atom. The third-order valence-electron chi connectivity index (χ3n) is 3.21. The van der Waals surface area contributed by atoms with Crippen molar-refractivity contribution in [3.05, 3.63) is 16.1 Å². The summed E-state index contributed by atoms with van der Waals surface area (Å²) < 4.78 is 0. The molecule has 1 fully saturated rings. The molecule has 1 amide bonds. The van der Waals surface area contributed by atoms with E-state index in [0.29, 0.717) is 6.54 Å². The molecule has 1 unspecified atom stereocenters. The summed E-state index contributed by atoms with van der Waals surface area (Å²) in [6.45, 7) is 5.48. The fraction of sp³-hybridized carbons (Fsp3) is 0.667. The number of aromatic nitrogens is 1. The molecular formula is C12H19N3OS. The van der Waals surface area contributed by atoms with Gasteiger partial charge in [0, 0.05) is 11.1 Å². The van der Waals surface area contributed by atoms with Gasteiger partial charge in [-0.3, -0.25) is 4.79 Å². The molecule has 0 aromatic carbocycles. The SMILES string of the molecule is Cc1ncc(CNC(=O)C2(C)CCCCN2)s1. The highest BCUT2D eigenvalue weighted by molar-refractivity contribution is 7.11. The number of amides is 1. The molecule has 0 radical (unpaired) electrons. The summed E-state index contributed by atoms with van der Waals surface area (Å²) in [6.07, 6.45) is 5.03. The molecule has 1 atom stereocenters. The number of piperidine rings is 1. The first-order valence-electron chi connectivity index (χ1n) is 6.05. The number of thiazole rings is 1. The van der Waals surface area contributed by atoms with E-state index >= 15 is 0 Å². The van der Waals surface area contributed by atoms with Crippen molar-refractivity contribution in [2.45, 2.75) is 45.2 Å². The van der Waals surface area contributed by atoms with Gasteiger partial charge in [0.1, 0.15) is 0 Å². The Hall–Kier alpha value is -0.940.